The highest BCUT2D eigenvalue weighted by Gasteiger charge is 2.35. The van der Waals surface area contributed by atoms with E-state index >= 15 is 0 Å². The number of hydrogen-bond donors (Lipinski definition) is 1. The lowest BCUT2D eigenvalue weighted by Crippen LogP contribution is -2.35. The van der Waals surface area contributed by atoms with E-state index in [9.17, 15) is 19.5 Å². The zero-order valence-electron chi connectivity index (χ0n) is 31.0. The molecule has 10 rings (SSSR count). The Morgan fingerprint density at radius 3 is 1.69 bits per heavy atom. The van der Waals surface area contributed by atoms with Crippen LogP contribution in [0.25, 0.3) is 77.1 Å². The van der Waals surface area contributed by atoms with Gasteiger partial charge in [0.2, 0.25) is 0 Å². The molecule has 1 fully saturated rings. The Morgan fingerprint density at radius 1 is 0.672 bits per heavy atom. The maximum Gasteiger partial charge on any atom is 0.323 e. The molecule has 0 atom stereocenters. The largest absolute Gasteiger partial charge is 0.480 e. The summed E-state index contributed by atoms with van der Waals surface area (Å²) < 4.78 is 7.26. The number of para-hydroxylation sites is 3. The molecule has 9 aromatic rings. The van der Waals surface area contributed by atoms with Crippen LogP contribution in [0.3, 0.4) is 0 Å². The number of thiazole rings is 1. The number of carboxylic acids is 1. The number of aliphatic carboxylic acids is 1. The normalized spacial score (nSPS) is 14.6. The van der Waals surface area contributed by atoms with Gasteiger partial charge in [-0.05, 0) is 84.3 Å². The van der Waals surface area contributed by atoms with E-state index in [1.807, 2.05) is 31.2 Å². The van der Waals surface area contributed by atoms with Crippen LogP contribution in [-0.2, 0) is 16.1 Å². The minimum Gasteiger partial charge on any atom is -0.480 e. The van der Waals surface area contributed by atoms with Gasteiger partial charge in [-0.3, -0.25) is 23.9 Å². The molecule has 0 aliphatic carbocycles. The van der Waals surface area contributed by atoms with Gasteiger partial charge < -0.3 is 14.2 Å². The van der Waals surface area contributed by atoms with E-state index in [0.29, 0.717) is 15.7 Å². The first kappa shape index (κ1) is 35.9. The van der Waals surface area contributed by atoms with Gasteiger partial charge in [0.05, 0.1) is 26.6 Å². The van der Waals surface area contributed by atoms with Crippen LogP contribution in [0.2, 0.25) is 0 Å². The Balaban J connectivity index is 1.00. The molecule has 0 saturated carbocycles. The Hall–Kier alpha value is -6.53. The van der Waals surface area contributed by atoms with Gasteiger partial charge in [0, 0.05) is 39.5 Å². The minimum absolute atomic E-state index is 0.165. The van der Waals surface area contributed by atoms with Crippen molar-refractivity contribution < 1.29 is 14.7 Å². The van der Waals surface area contributed by atoms with Crippen molar-refractivity contribution in [2.75, 3.05) is 6.54 Å². The fourth-order valence-electron chi connectivity index (χ4n) is 8.09. The zero-order valence-corrected chi connectivity index (χ0v) is 33.4. The van der Waals surface area contributed by atoms with Crippen molar-refractivity contribution in [1.82, 2.24) is 18.6 Å². The Morgan fingerprint density at radius 2 is 1.17 bits per heavy atom. The summed E-state index contributed by atoms with van der Waals surface area (Å²) in [4.78, 5) is 39.6. The van der Waals surface area contributed by atoms with E-state index in [1.54, 1.807) is 4.57 Å². The molecule has 6 aromatic carbocycles. The Bertz CT molecular complexity index is 3320. The van der Waals surface area contributed by atoms with Crippen LogP contribution in [-0.4, -0.2) is 46.4 Å². The number of rotatable bonds is 7. The summed E-state index contributed by atoms with van der Waals surface area (Å²) in [5, 5.41) is 13.9. The molecule has 1 aliphatic rings. The van der Waals surface area contributed by atoms with E-state index in [2.05, 4.69) is 130 Å². The molecule has 0 spiro atoms. The van der Waals surface area contributed by atoms with Gasteiger partial charge in [-0.1, -0.05) is 109 Å². The van der Waals surface area contributed by atoms with E-state index in [0.717, 1.165) is 66.5 Å². The van der Waals surface area contributed by atoms with Crippen LogP contribution in [0.5, 0.6) is 0 Å². The van der Waals surface area contributed by atoms with E-state index < -0.39 is 18.4 Å². The molecule has 8 nitrogen and oxygen atoms in total. The SMILES string of the molecule is CCn1c(=O)/c(=C\c2ccc3c(c2)c2ccccc2n3-c2ccc(-c3ccc(-n4c5ccccc5c5ccccc54)cc3)cc2)s/c1=C1/SC(=S)N(CC(=O)O)C1=O. The summed E-state index contributed by atoms with van der Waals surface area (Å²) >= 11 is 7.57. The number of carbonyl (C=O) groups is 2. The number of hydrogen-bond acceptors (Lipinski definition) is 6. The first-order chi connectivity index (χ1) is 28.3. The summed E-state index contributed by atoms with van der Waals surface area (Å²) in [7, 11) is 0. The molecule has 0 bridgehead atoms. The van der Waals surface area contributed by atoms with Gasteiger partial charge in [-0.2, -0.15) is 0 Å². The molecule has 1 amide bonds. The maximum atomic E-state index is 13.7. The smallest absolute Gasteiger partial charge is 0.323 e. The third kappa shape index (κ3) is 5.81. The first-order valence-electron chi connectivity index (χ1n) is 18.7. The van der Waals surface area contributed by atoms with Crippen molar-refractivity contribution in [3.63, 3.8) is 0 Å². The Kier molecular flexibility index (Phi) is 8.74. The van der Waals surface area contributed by atoms with Gasteiger partial charge in [0.1, 0.15) is 20.4 Å². The van der Waals surface area contributed by atoms with Gasteiger partial charge in [-0.25, -0.2) is 0 Å². The quantitative estimate of drug-likeness (QED) is 0.162. The lowest BCUT2D eigenvalue weighted by atomic mass is 10.0. The van der Waals surface area contributed by atoms with E-state index in [1.165, 1.54) is 33.1 Å². The van der Waals surface area contributed by atoms with Crippen molar-refractivity contribution in [3.05, 3.63) is 165 Å². The number of fused-ring (bicyclic) bond motifs is 6. The average molecular weight is 813 g/mol. The van der Waals surface area contributed by atoms with Crippen LogP contribution in [0.4, 0.5) is 0 Å². The van der Waals surface area contributed by atoms with Crippen LogP contribution in [0.15, 0.2) is 144 Å². The maximum absolute atomic E-state index is 13.7. The minimum atomic E-state index is -1.16. The molecule has 58 heavy (non-hydrogen) atoms. The molecule has 1 N–H and O–H groups in total. The molecule has 11 heteroatoms. The standard InChI is InChI=1S/C47H32N4O4S3/c1-2-48-44(54)41(57-46(48)43-45(55)49(27-42(52)53)47(56)58-43)26-28-15-24-40-36(25-28)35-11-5-8-14-39(35)51(40)32-22-18-30(19-23-32)29-16-20-31(21-17-29)50-37-12-6-3-9-33(37)34-10-4-7-13-38(34)50/h3-26H,2,27H2,1H3,(H,52,53)/b41-26+,46-43+. The number of carbonyl (C=O) groups excluding carboxylic acids is 1. The number of benzene rings is 6. The second kappa shape index (κ2) is 14.1. The molecular formula is C47H32N4O4S3. The van der Waals surface area contributed by atoms with Crippen molar-refractivity contribution in [2.24, 2.45) is 0 Å². The van der Waals surface area contributed by atoms with Gasteiger partial charge >= 0.3 is 5.97 Å². The van der Waals surface area contributed by atoms with Crippen LogP contribution >= 0.6 is 35.3 Å². The summed E-state index contributed by atoms with van der Waals surface area (Å²) in [5.74, 6) is -1.65. The number of nitrogens with zero attached hydrogens (tertiary/aromatic N) is 4. The summed E-state index contributed by atoms with van der Waals surface area (Å²) in [6, 6.07) is 49.0. The predicted molar refractivity (Wildman–Crippen MR) is 241 cm³/mol. The third-order valence-corrected chi connectivity index (χ3v) is 13.4. The molecule has 0 unspecified atom stereocenters. The predicted octanol–water partition coefficient (Wildman–Crippen LogP) is 8.67. The molecule has 1 aliphatic heterocycles. The van der Waals surface area contributed by atoms with Gasteiger partial charge in [0.15, 0.2) is 0 Å². The topological polar surface area (TPSA) is 89.5 Å². The van der Waals surface area contributed by atoms with Crippen molar-refractivity contribution in [1.29, 1.82) is 0 Å². The number of amides is 1. The lowest BCUT2D eigenvalue weighted by Gasteiger charge is -2.11. The highest BCUT2D eigenvalue weighted by molar-refractivity contribution is 8.30. The summed E-state index contributed by atoms with van der Waals surface area (Å²) in [6.07, 6.45) is 1.85. The van der Waals surface area contributed by atoms with Crippen molar-refractivity contribution >= 4 is 106 Å². The van der Waals surface area contributed by atoms with E-state index in [4.69, 9.17) is 12.2 Å². The second-order valence-corrected chi connectivity index (χ2v) is 16.7. The summed E-state index contributed by atoms with van der Waals surface area (Å²) in [5.41, 5.74) is 9.52. The average Bonchev–Trinajstić information content (AvgIpc) is 3.95. The molecular weight excluding hydrogens is 781 g/mol. The zero-order chi connectivity index (χ0) is 39.7. The number of thiocarbonyl (C=S) groups is 1. The van der Waals surface area contributed by atoms with Crippen molar-refractivity contribution in [3.8, 4) is 22.5 Å². The van der Waals surface area contributed by atoms with Crippen molar-refractivity contribution in [2.45, 2.75) is 13.5 Å². The fraction of sp³-hybridized carbons (Fsp3) is 0.0638. The monoisotopic (exact) mass is 812 g/mol. The highest BCUT2D eigenvalue weighted by atomic mass is 32.2. The first-order valence-corrected chi connectivity index (χ1v) is 20.8. The van der Waals surface area contributed by atoms with E-state index in [-0.39, 0.29) is 14.8 Å². The van der Waals surface area contributed by atoms with Gasteiger partial charge in [0.25, 0.3) is 11.5 Å². The van der Waals surface area contributed by atoms with Crippen LogP contribution in [0, 0.1) is 0 Å². The lowest BCUT2D eigenvalue weighted by molar-refractivity contribution is -0.140. The molecule has 1 saturated heterocycles. The second-order valence-electron chi connectivity index (χ2n) is 14.0. The third-order valence-electron chi connectivity index (χ3n) is 10.7. The Labute approximate surface area is 344 Å². The molecule has 3 aromatic heterocycles. The molecule has 4 heterocycles. The number of carboxylic acid groups (broad SMARTS) is 1. The number of thioether (sulfide) groups is 1. The molecule has 0 radical (unpaired) electrons. The van der Waals surface area contributed by atoms with Gasteiger partial charge in [-0.15, -0.1) is 11.3 Å². The molecule has 282 valence electrons. The van der Waals surface area contributed by atoms with Crippen LogP contribution < -0.4 is 14.8 Å². The van der Waals surface area contributed by atoms with Crippen LogP contribution in [0.1, 0.15) is 12.5 Å². The number of aromatic nitrogens is 3. The fourth-order valence-corrected chi connectivity index (χ4v) is 10.7. The highest BCUT2D eigenvalue weighted by Crippen LogP contribution is 2.36. The summed E-state index contributed by atoms with van der Waals surface area (Å²) in [6.45, 7) is 1.67.